The minimum atomic E-state index is -0.0897. The first-order valence-corrected chi connectivity index (χ1v) is 9.66. The van der Waals surface area contributed by atoms with Crippen LogP contribution in [0.1, 0.15) is 51.1 Å². The largest absolute Gasteiger partial charge is 0.336 e. The van der Waals surface area contributed by atoms with Crippen molar-refractivity contribution in [2.45, 2.75) is 64.0 Å². The highest BCUT2D eigenvalue weighted by atomic mass is 16.2. The molecule has 0 unspecified atom stereocenters. The van der Waals surface area contributed by atoms with E-state index in [0.717, 1.165) is 49.1 Å². The molecular formula is C19H28N4O2. The average Bonchev–Trinajstić information content (AvgIpc) is 2.54. The summed E-state index contributed by atoms with van der Waals surface area (Å²) in [6.07, 6.45) is 9.86. The molecule has 1 aromatic rings. The van der Waals surface area contributed by atoms with E-state index in [1.165, 1.54) is 19.3 Å². The van der Waals surface area contributed by atoms with E-state index < -0.39 is 0 Å². The molecule has 0 aliphatic heterocycles. The number of amides is 2. The molecule has 1 heterocycles. The second kappa shape index (κ2) is 6.46. The molecular weight excluding hydrogens is 316 g/mol. The third-order valence-electron chi connectivity index (χ3n) is 6.35. The lowest BCUT2D eigenvalue weighted by molar-refractivity contribution is -0.0135. The quantitative estimate of drug-likeness (QED) is 0.858. The van der Waals surface area contributed by atoms with Crippen LogP contribution >= 0.6 is 0 Å². The summed E-state index contributed by atoms with van der Waals surface area (Å²) in [5.74, 6) is 2.44. The minimum Gasteiger partial charge on any atom is -0.336 e. The topological polar surface area (TPSA) is 76.0 Å². The van der Waals surface area contributed by atoms with E-state index in [1.807, 2.05) is 6.92 Å². The fourth-order valence-electron chi connectivity index (χ4n) is 5.66. The second-order valence-corrected chi connectivity index (χ2v) is 8.34. The molecule has 4 aliphatic carbocycles. The van der Waals surface area contributed by atoms with Crippen molar-refractivity contribution in [2.75, 3.05) is 6.54 Å². The van der Waals surface area contributed by atoms with Crippen molar-refractivity contribution in [3.63, 3.8) is 0 Å². The molecule has 6 heteroatoms. The van der Waals surface area contributed by atoms with E-state index in [0.29, 0.717) is 13.1 Å². The summed E-state index contributed by atoms with van der Waals surface area (Å²) in [5, 5.41) is 6.22. The van der Waals surface area contributed by atoms with Crippen LogP contribution < -0.4 is 16.2 Å². The monoisotopic (exact) mass is 344 g/mol. The summed E-state index contributed by atoms with van der Waals surface area (Å²) in [5.41, 5.74) is 0.768. The zero-order chi connectivity index (χ0) is 17.4. The van der Waals surface area contributed by atoms with Gasteiger partial charge in [-0.15, -0.1) is 0 Å². The van der Waals surface area contributed by atoms with Gasteiger partial charge in [0.05, 0.1) is 6.33 Å². The van der Waals surface area contributed by atoms with Crippen molar-refractivity contribution in [3.8, 4) is 0 Å². The number of hydrogen-bond acceptors (Lipinski definition) is 3. The van der Waals surface area contributed by atoms with Gasteiger partial charge in [0.25, 0.3) is 5.56 Å². The van der Waals surface area contributed by atoms with E-state index in [2.05, 4.69) is 15.6 Å². The van der Waals surface area contributed by atoms with Crippen LogP contribution in [0.4, 0.5) is 4.79 Å². The molecule has 0 aromatic carbocycles. The Balaban J connectivity index is 1.29. The Morgan fingerprint density at radius 1 is 1.24 bits per heavy atom. The van der Waals surface area contributed by atoms with Gasteiger partial charge >= 0.3 is 6.03 Å². The highest BCUT2D eigenvalue weighted by Crippen LogP contribution is 2.55. The summed E-state index contributed by atoms with van der Waals surface area (Å²) in [4.78, 5) is 28.6. The van der Waals surface area contributed by atoms with E-state index in [-0.39, 0.29) is 17.1 Å². The maximum absolute atomic E-state index is 12.4. The molecule has 6 nitrogen and oxygen atoms in total. The molecule has 0 spiro atoms. The predicted molar refractivity (Wildman–Crippen MR) is 95.3 cm³/mol. The van der Waals surface area contributed by atoms with Gasteiger partial charge in [0.1, 0.15) is 0 Å². The highest BCUT2D eigenvalue weighted by molar-refractivity contribution is 5.74. The molecule has 25 heavy (non-hydrogen) atoms. The Hall–Kier alpha value is -1.85. The van der Waals surface area contributed by atoms with Crippen molar-refractivity contribution < 1.29 is 4.79 Å². The molecule has 4 fully saturated rings. The van der Waals surface area contributed by atoms with Crippen molar-refractivity contribution >= 4 is 6.03 Å². The zero-order valence-corrected chi connectivity index (χ0v) is 15.0. The van der Waals surface area contributed by atoms with Crippen molar-refractivity contribution in [2.24, 2.45) is 17.8 Å². The fourth-order valence-corrected chi connectivity index (χ4v) is 5.66. The SMILES string of the molecule is CCc1cc(=O)n(CCNC(=O)NC23CC4CC(CC(C4)C2)C3)cn1. The van der Waals surface area contributed by atoms with Gasteiger partial charge < -0.3 is 10.6 Å². The Labute approximate surface area is 148 Å². The van der Waals surface area contributed by atoms with Crippen LogP contribution in [-0.2, 0) is 13.0 Å². The lowest BCUT2D eigenvalue weighted by atomic mass is 9.53. The normalized spacial score (nSPS) is 32.6. The number of aromatic nitrogens is 2. The van der Waals surface area contributed by atoms with Crippen LogP contribution in [0.2, 0.25) is 0 Å². The van der Waals surface area contributed by atoms with Gasteiger partial charge in [0, 0.05) is 30.4 Å². The fraction of sp³-hybridized carbons (Fsp3) is 0.737. The smallest absolute Gasteiger partial charge is 0.315 e. The van der Waals surface area contributed by atoms with Crippen molar-refractivity contribution in [1.82, 2.24) is 20.2 Å². The lowest BCUT2D eigenvalue weighted by Gasteiger charge is -2.56. The number of hydrogen-bond donors (Lipinski definition) is 2. The molecule has 0 radical (unpaired) electrons. The maximum Gasteiger partial charge on any atom is 0.315 e. The van der Waals surface area contributed by atoms with E-state index in [9.17, 15) is 9.59 Å². The number of urea groups is 1. The zero-order valence-electron chi connectivity index (χ0n) is 15.0. The molecule has 0 atom stereocenters. The third-order valence-corrected chi connectivity index (χ3v) is 6.35. The standard InChI is InChI=1S/C19H28N4O2/c1-2-16-8-17(24)23(12-21-16)4-3-20-18(25)22-19-9-13-5-14(10-19)7-15(6-13)11-19/h8,12-15H,2-7,9-11H2,1H3,(H2,20,22,25). The average molecular weight is 344 g/mol. The molecule has 4 aliphatic rings. The van der Waals surface area contributed by atoms with E-state index in [4.69, 9.17) is 0 Å². The Morgan fingerprint density at radius 2 is 1.88 bits per heavy atom. The summed E-state index contributed by atoms with van der Waals surface area (Å²) in [6.45, 7) is 2.86. The molecule has 0 saturated heterocycles. The molecule has 5 rings (SSSR count). The number of carbonyl (C=O) groups is 1. The van der Waals surface area contributed by atoms with Gasteiger partial charge in [-0.2, -0.15) is 0 Å². The first kappa shape index (κ1) is 16.6. The van der Waals surface area contributed by atoms with E-state index in [1.54, 1.807) is 17.0 Å². The van der Waals surface area contributed by atoms with Gasteiger partial charge in [-0.25, -0.2) is 9.78 Å². The Morgan fingerprint density at radius 3 is 2.44 bits per heavy atom. The van der Waals surface area contributed by atoms with Gasteiger partial charge in [0.2, 0.25) is 0 Å². The summed E-state index contributed by atoms with van der Waals surface area (Å²) >= 11 is 0. The first-order chi connectivity index (χ1) is 12.0. The molecule has 2 N–H and O–H groups in total. The minimum absolute atomic E-state index is 0.0278. The molecule has 2 amide bonds. The van der Waals surface area contributed by atoms with Crippen LogP contribution in [0.15, 0.2) is 17.2 Å². The van der Waals surface area contributed by atoms with Crippen LogP contribution in [0.5, 0.6) is 0 Å². The molecule has 4 saturated carbocycles. The van der Waals surface area contributed by atoms with Gasteiger partial charge in [-0.05, 0) is 62.7 Å². The van der Waals surface area contributed by atoms with Crippen LogP contribution in [-0.4, -0.2) is 27.7 Å². The Kier molecular flexibility index (Phi) is 4.29. The second-order valence-electron chi connectivity index (χ2n) is 8.34. The van der Waals surface area contributed by atoms with Crippen LogP contribution in [0.3, 0.4) is 0 Å². The number of aryl methyl sites for hydroxylation is 1. The van der Waals surface area contributed by atoms with Crippen LogP contribution in [0, 0.1) is 17.8 Å². The number of nitrogens with one attached hydrogen (secondary N) is 2. The van der Waals surface area contributed by atoms with Gasteiger partial charge in [-0.1, -0.05) is 6.92 Å². The van der Waals surface area contributed by atoms with Gasteiger partial charge in [-0.3, -0.25) is 9.36 Å². The molecule has 1 aromatic heterocycles. The summed E-state index contributed by atoms with van der Waals surface area (Å²) in [7, 11) is 0. The maximum atomic E-state index is 12.4. The summed E-state index contributed by atoms with van der Waals surface area (Å²) < 4.78 is 1.55. The number of rotatable bonds is 5. The van der Waals surface area contributed by atoms with Crippen molar-refractivity contribution in [3.05, 3.63) is 28.4 Å². The summed E-state index contributed by atoms with van der Waals surface area (Å²) in [6, 6.07) is 1.48. The Bertz CT molecular complexity index is 676. The van der Waals surface area contributed by atoms with Gasteiger partial charge in [0.15, 0.2) is 0 Å². The molecule has 136 valence electrons. The number of nitrogens with zero attached hydrogens (tertiary/aromatic N) is 2. The lowest BCUT2D eigenvalue weighted by Crippen LogP contribution is -2.61. The highest BCUT2D eigenvalue weighted by Gasteiger charge is 2.51. The first-order valence-electron chi connectivity index (χ1n) is 9.66. The number of carbonyl (C=O) groups excluding carboxylic acids is 1. The molecule has 4 bridgehead atoms. The predicted octanol–water partition coefficient (Wildman–Crippen LogP) is 2.07. The van der Waals surface area contributed by atoms with Crippen LogP contribution in [0.25, 0.3) is 0 Å². The van der Waals surface area contributed by atoms with Crippen molar-refractivity contribution in [1.29, 1.82) is 0 Å². The third kappa shape index (κ3) is 3.44. The van der Waals surface area contributed by atoms with E-state index >= 15 is 0 Å².